The summed E-state index contributed by atoms with van der Waals surface area (Å²) in [6, 6.07) is 10.7. The van der Waals surface area contributed by atoms with E-state index in [2.05, 4.69) is 5.32 Å². The number of aryl methyl sites for hydroxylation is 2. The molecule has 0 atom stereocenters. The fourth-order valence-electron chi connectivity index (χ4n) is 3.97. The van der Waals surface area contributed by atoms with Gasteiger partial charge in [-0.2, -0.15) is 0 Å². The van der Waals surface area contributed by atoms with Crippen LogP contribution in [-0.2, 0) is 25.8 Å². The fraction of sp³-hybridized carbons (Fsp3) is 0.391. The molecule has 0 radical (unpaired) electrons. The molecule has 1 aliphatic carbocycles. The molecule has 1 N–H and O–H groups in total. The van der Waals surface area contributed by atoms with Crippen molar-refractivity contribution in [2.45, 2.75) is 44.4 Å². The Morgan fingerprint density at radius 3 is 2.43 bits per heavy atom. The average Bonchev–Trinajstić information content (AvgIpc) is 3.44. The molecule has 0 unspecified atom stereocenters. The first-order valence-electron chi connectivity index (χ1n) is 10.3. The monoisotopic (exact) mass is 426 g/mol. The molecule has 30 heavy (non-hydrogen) atoms. The first kappa shape index (κ1) is 20.6. The minimum Gasteiger partial charge on any atom is -0.326 e. The van der Waals surface area contributed by atoms with E-state index in [4.69, 9.17) is 0 Å². The summed E-state index contributed by atoms with van der Waals surface area (Å²) in [5.74, 6) is -0.305. The number of amides is 2. The molecular formula is C23H26N2O4S. The van der Waals surface area contributed by atoms with E-state index in [0.29, 0.717) is 18.7 Å². The van der Waals surface area contributed by atoms with Crippen LogP contribution in [0.4, 0.5) is 11.4 Å². The quantitative estimate of drug-likeness (QED) is 0.767. The third-order valence-corrected chi connectivity index (χ3v) is 7.32. The maximum atomic E-state index is 12.8. The van der Waals surface area contributed by atoms with Gasteiger partial charge in [0, 0.05) is 30.3 Å². The second-order valence-corrected chi connectivity index (χ2v) is 10.4. The highest BCUT2D eigenvalue weighted by atomic mass is 32.2. The highest BCUT2D eigenvalue weighted by Gasteiger charge is 2.36. The van der Waals surface area contributed by atoms with Crippen LogP contribution in [0.2, 0.25) is 0 Å². The Bertz CT molecular complexity index is 1100. The lowest BCUT2D eigenvalue weighted by atomic mass is 10.1. The predicted molar refractivity (Wildman–Crippen MR) is 116 cm³/mol. The number of benzene rings is 2. The van der Waals surface area contributed by atoms with E-state index in [0.717, 1.165) is 35.2 Å². The number of anilines is 2. The minimum atomic E-state index is -3.59. The van der Waals surface area contributed by atoms with E-state index in [1.807, 2.05) is 32.0 Å². The minimum absolute atomic E-state index is 0.112. The third-order valence-electron chi connectivity index (χ3n) is 5.60. The van der Waals surface area contributed by atoms with Crippen LogP contribution in [0.15, 0.2) is 41.3 Å². The van der Waals surface area contributed by atoms with E-state index in [1.165, 1.54) is 0 Å². The predicted octanol–water partition coefficient (Wildman–Crippen LogP) is 3.41. The Kier molecular flexibility index (Phi) is 5.40. The number of sulfone groups is 1. The molecule has 7 heteroatoms. The summed E-state index contributed by atoms with van der Waals surface area (Å²) in [6.45, 7) is 4.49. The molecule has 2 aromatic rings. The van der Waals surface area contributed by atoms with E-state index >= 15 is 0 Å². The zero-order valence-corrected chi connectivity index (χ0v) is 18.1. The van der Waals surface area contributed by atoms with Crippen molar-refractivity contribution in [2.75, 3.05) is 22.5 Å². The van der Waals surface area contributed by atoms with Crippen LogP contribution in [0, 0.1) is 19.8 Å². The van der Waals surface area contributed by atoms with Crippen molar-refractivity contribution in [1.29, 1.82) is 0 Å². The summed E-state index contributed by atoms with van der Waals surface area (Å²) in [6.07, 6.45) is 2.44. The first-order valence-corrected chi connectivity index (χ1v) is 11.9. The number of hydrogen-bond acceptors (Lipinski definition) is 4. The van der Waals surface area contributed by atoms with Gasteiger partial charge in [-0.15, -0.1) is 0 Å². The lowest BCUT2D eigenvalue weighted by Gasteiger charge is -2.17. The van der Waals surface area contributed by atoms with Gasteiger partial charge in [0.05, 0.1) is 10.6 Å². The Hall–Kier alpha value is -2.67. The van der Waals surface area contributed by atoms with Crippen molar-refractivity contribution in [2.24, 2.45) is 5.92 Å². The van der Waals surface area contributed by atoms with Gasteiger partial charge in [0.2, 0.25) is 11.8 Å². The number of nitrogens with one attached hydrogen (secondary N) is 1. The molecular weight excluding hydrogens is 400 g/mol. The van der Waals surface area contributed by atoms with Crippen molar-refractivity contribution >= 4 is 33.0 Å². The summed E-state index contributed by atoms with van der Waals surface area (Å²) in [7, 11) is -3.59. The SMILES string of the molecule is Cc1cc(C)cc(NC(=O)CCS(=O)(=O)c2ccc3c(c2)CCN3C(=O)C2CC2)c1. The molecule has 1 fully saturated rings. The van der Waals surface area contributed by atoms with Crippen molar-refractivity contribution in [1.82, 2.24) is 0 Å². The van der Waals surface area contributed by atoms with Gasteiger partial charge in [0.25, 0.3) is 0 Å². The van der Waals surface area contributed by atoms with Crippen LogP contribution in [0.25, 0.3) is 0 Å². The van der Waals surface area contributed by atoms with Gasteiger partial charge in [-0.1, -0.05) is 6.07 Å². The molecule has 0 spiro atoms. The Balaban J connectivity index is 1.41. The van der Waals surface area contributed by atoms with Gasteiger partial charge in [-0.3, -0.25) is 9.59 Å². The summed E-state index contributed by atoms with van der Waals surface area (Å²) < 4.78 is 25.5. The summed E-state index contributed by atoms with van der Waals surface area (Å²) >= 11 is 0. The zero-order chi connectivity index (χ0) is 21.5. The summed E-state index contributed by atoms with van der Waals surface area (Å²) in [5, 5.41) is 2.78. The molecule has 4 rings (SSSR count). The first-order chi connectivity index (χ1) is 14.2. The van der Waals surface area contributed by atoms with E-state index < -0.39 is 9.84 Å². The number of rotatable bonds is 6. The van der Waals surface area contributed by atoms with E-state index in [-0.39, 0.29) is 34.8 Å². The summed E-state index contributed by atoms with van der Waals surface area (Å²) in [5.41, 5.74) is 4.44. The number of nitrogens with zero attached hydrogens (tertiary/aromatic N) is 1. The van der Waals surface area contributed by atoms with Gasteiger partial charge in [-0.05, 0) is 80.1 Å². The van der Waals surface area contributed by atoms with Crippen LogP contribution in [0.5, 0.6) is 0 Å². The van der Waals surface area contributed by atoms with E-state index in [9.17, 15) is 18.0 Å². The second-order valence-electron chi connectivity index (χ2n) is 8.30. The van der Waals surface area contributed by atoms with Crippen LogP contribution in [0.1, 0.15) is 36.0 Å². The lowest BCUT2D eigenvalue weighted by Crippen LogP contribution is -2.30. The molecule has 1 saturated carbocycles. The Morgan fingerprint density at radius 1 is 1.07 bits per heavy atom. The molecule has 2 amide bonds. The molecule has 158 valence electrons. The van der Waals surface area contributed by atoms with Gasteiger partial charge in [-0.25, -0.2) is 8.42 Å². The fourth-order valence-corrected chi connectivity index (χ4v) is 5.25. The maximum absolute atomic E-state index is 12.8. The van der Waals surface area contributed by atoms with Crippen molar-refractivity contribution in [3.63, 3.8) is 0 Å². The van der Waals surface area contributed by atoms with Crippen molar-refractivity contribution < 1.29 is 18.0 Å². The molecule has 1 aliphatic heterocycles. The molecule has 0 saturated heterocycles. The van der Waals surface area contributed by atoms with Crippen molar-refractivity contribution in [3.05, 3.63) is 53.1 Å². The van der Waals surface area contributed by atoms with E-state index in [1.54, 1.807) is 23.1 Å². The topological polar surface area (TPSA) is 83.6 Å². The normalized spacial score (nSPS) is 15.7. The molecule has 6 nitrogen and oxygen atoms in total. The third kappa shape index (κ3) is 4.41. The molecule has 1 heterocycles. The van der Waals surface area contributed by atoms with Gasteiger partial charge in [0.15, 0.2) is 9.84 Å². The zero-order valence-electron chi connectivity index (χ0n) is 17.3. The standard InChI is InChI=1S/C23H26N2O4S/c1-15-11-16(2)13-19(12-15)24-22(26)8-10-30(28,29)20-5-6-21-18(14-20)7-9-25(21)23(27)17-3-4-17/h5-6,11-14,17H,3-4,7-10H2,1-2H3,(H,24,26). The van der Waals surface area contributed by atoms with Gasteiger partial charge in [0.1, 0.15) is 0 Å². The maximum Gasteiger partial charge on any atom is 0.230 e. The number of carbonyl (C=O) groups is 2. The second kappa shape index (κ2) is 7.87. The average molecular weight is 427 g/mol. The summed E-state index contributed by atoms with van der Waals surface area (Å²) in [4.78, 5) is 26.6. The highest BCUT2D eigenvalue weighted by molar-refractivity contribution is 7.91. The number of fused-ring (bicyclic) bond motifs is 1. The molecule has 0 aromatic heterocycles. The smallest absolute Gasteiger partial charge is 0.230 e. The Morgan fingerprint density at radius 2 is 1.77 bits per heavy atom. The highest BCUT2D eigenvalue weighted by Crippen LogP contribution is 2.37. The van der Waals surface area contributed by atoms with Crippen LogP contribution < -0.4 is 10.2 Å². The Labute approximate surface area is 177 Å². The number of hydrogen-bond donors (Lipinski definition) is 1. The van der Waals surface area contributed by atoms with Crippen LogP contribution >= 0.6 is 0 Å². The molecule has 2 aromatic carbocycles. The molecule has 2 aliphatic rings. The van der Waals surface area contributed by atoms with Crippen LogP contribution in [-0.4, -0.2) is 32.5 Å². The molecule has 0 bridgehead atoms. The van der Waals surface area contributed by atoms with Crippen LogP contribution in [0.3, 0.4) is 0 Å². The van der Waals surface area contributed by atoms with Gasteiger partial charge >= 0.3 is 0 Å². The largest absolute Gasteiger partial charge is 0.326 e. The lowest BCUT2D eigenvalue weighted by molar-refractivity contribution is -0.119. The number of carbonyl (C=O) groups excluding carboxylic acids is 2. The van der Waals surface area contributed by atoms with Gasteiger partial charge < -0.3 is 10.2 Å². The van der Waals surface area contributed by atoms with Crippen molar-refractivity contribution in [3.8, 4) is 0 Å².